The number of hydrogen-bond acceptors (Lipinski definition) is 3. The summed E-state index contributed by atoms with van der Waals surface area (Å²) in [4.78, 5) is 0. The molecule has 0 atom stereocenters. The van der Waals surface area contributed by atoms with Crippen LogP contribution in [0.1, 0.15) is 0 Å². The van der Waals surface area contributed by atoms with Crippen LogP contribution in [0.15, 0.2) is 0 Å². The van der Waals surface area contributed by atoms with Crippen LogP contribution in [0, 0.1) is 0 Å². The highest BCUT2D eigenvalue weighted by Gasteiger charge is 2.06. The molecule has 1 rings (SSSR count). The maximum absolute atomic E-state index is 5.38. The van der Waals surface area contributed by atoms with Gasteiger partial charge in [-0.2, -0.15) is 0 Å². The first-order chi connectivity index (χ1) is 3.39. The van der Waals surface area contributed by atoms with E-state index in [9.17, 15) is 0 Å². The summed E-state index contributed by atoms with van der Waals surface area (Å²) in [7, 11) is 0. The average Bonchev–Trinajstić information content (AvgIpc) is 1.69. The molecule has 0 amide bonds. The molecule has 1 saturated heterocycles. The third-order valence-electron chi connectivity index (χ3n) is 0.831. The van der Waals surface area contributed by atoms with E-state index in [4.69, 9.17) is 15.2 Å². The molecule has 2 N–H and O–H groups in total. The summed E-state index contributed by atoms with van der Waals surface area (Å²) >= 11 is 0. The van der Waals surface area contributed by atoms with Crippen molar-refractivity contribution in [2.45, 2.75) is 6.04 Å². The summed E-state index contributed by atoms with van der Waals surface area (Å²) in [5.74, 6) is 0. The highest BCUT2D eigenvalue weighted by Crippen LogP contribution is 1.91. The molecule has 0 unspecified atom stereocenters. The Balaban J connectivity index is 2.12. The van der Waals surface area contributed by atoms with E-state index in [0.717, 1.165) is 0 Å². The van der Waals surface area contributed by atoms with Crippen LogP contribution >= 0.6 is 0 Å². The molecule has 1 aliphatic rings. The molecule has 0 spiro atoms. The first-order valence-electron chi connectivity index (χ1n) is 2.30. The van der Waals surface area contributed by atoms with Crippen molar-refractivity contribution in [3.8, 4) is 0 Å². The fraction of sp³-hybridized carbons (Fsp3) is 1.00. The summed E-state index contributed by atoms with van der Waals surface area (Å²) in [5, 5.41) is 0. The fourth-order valence-electron chi connectivity index (χ4n) is 0.506. The second-order valence-corrected chi connectivity index (χ2v) is 1.62. The lowest BCUT2D eigenvalue weighted by Crippen LogP contribution is -2.36. The Morgan fingerprint density at radius 1 is 1.29 bits per heavy atom. The quantitative estimate of drug-likeness (QED) is 0.441. The lowest BCUT2D eigenvalue weighted by molar-refractivity contribution is -0.106. The Labute approximate surface area is 42.4 Å². The van der Waals surface area contributed by atoms with Gasteiger partial charge in [0.15, 0.2) is 0 Å². The van der Waals surface area contributed by atoms with Crippen LogP contribution in [-0.4, -0.2) is 26.0 Å². The number of ether oxygens (including phenoxy) is 2. The van der Waals surface area contributed by atoms with Crippen molar-refractivity contribution >= 4 is 0 Å². The first-order valence-corrected chi connectivity index (χ1v) is 2.30. The van der Waals surface area contributed by atoms with Crippen molar-refractivity contribution in [3.05, 3.63) is 0 Å². The molecule has 0 aromatic carbocycles. The van der Waals surface area contributed by atoms with Crippen LogP contribution in [0.4, 0.5) is 0 Å². The van der Waals surface area contributed by atoms with E-state index in [1.54, 1.807) is 0 Å². The molecular formula is C4H9NO2. The molecule has 3 heteroatoms. The Morgan fingerprint density at radius 2 is 1.86 bits per heavy atom. The van der Waals surface area contributed by atoms with Crippen molar-refractivity contribution in [3.63, 3.8) is 0 Å². The first kappa shape index (κ1) is 5.03. The smallest absolute Gasteiger partial charge is 0.146 e. The summed E-state index contributed by atoms with van der Waals surface area (Å²) in [5.41, 5.74) is 5.38. The molecule has 1 heterocycles. The van der Waals surface area contributed by atoms with Crippen molar-refractivity contribution in [1.29, 1.82) is 0 Å². The van der Waals surface area contributed by atoms with E-state index in [-0.39, 0.29) is 6.04 Å². The lowest BCUT2D eigenvalue weighted by Gasteiger charge is -2.17. The lowest BCUT2D eigenvalue weighted by atomic mass is 10.3. The Kier molecular flexibility index (Phi) is 1.62. The van der Waals surface area contributed by atoms with Crippen LogP contribution < -0.4 is 5.73 Å². The van der Waals surface area contributed by atoms with Gasteiger partial charge in [0.1, 0.15) is 6.79 Å². The van der Waals surface area contributed by atoms with Gasteiger partial charge in [0.25, 0.3) is 0 Å². The molecule has 0 aliphatic carbocycles. The van der Waals surface area contributed by atoms with Crippen LogP contribution in [-0.2, 0) is 9.47 Å². The predicted octanol–water partition coefficient (Wildman–Crippen LogP) is -0.682. The highest BCUT2D eigenvalue weighted by molar-refractivity contribution is 4.58. The zero-order chi connectivity index (χ0) is 5.11. The second-order valence-electron chi connectivity index (χ2n) is 1.62. The molecule has 3 nitrogen and oxygen atoms in total. The fourth-order valence-corrected chi connectivity index (χ4v) is 0.506. The van der Waals surface area contributed by atoms with Crippen molar-refractivity contribution in [1.82, 2.24) is 0 Å². The maximum atomic E-state index is 5.38. The van der Waals surface area contributed by atoms with E-state index in [1.165, 1.54) is 0 Å². The Morgan fingerprint density at radius 3 is 2.14 bits per heavy atom. The van der Waals surface area contributed by atoms with Gasteiger partial charge in [0, 0.05) is 0 Å². The van der Waals surface area contributed by atoms with Gasteiger partial charge in [-0.3, -0.25) is 0 Å². The van der Waals surface area contributed by atoms with Crippen LogP contribution in [0.5, 0.6) is 0 Å². The maximum Gasteiger partial charge on any atom is 0.146 e. The van der Waals surface area contributed by atoms with Gasteiger partial charge in [0.2, 0.25) is 0 Å². The van der Waals surface area contributed by atoms with Crippen LogP contribution in [0.3, 0.4) is 0 Å². The van der Waals surface area contributed by atoms with Crippen LogP contribution in [0.2, 0.25) is 0 Å². The minimum atomic E-state index is 0.0914. The minimum Gasteiger partial charge on any atom is -0.354 e. The van der Waals surface area contributed by atoms with Gasteiger partial charge in [-0.15, -0.1) is 0 Å². The molecular weight excluding hydrogens is 94.0 g/mol. The van der Waals surface area contributed by atoms with E-state index < -0.39 is 0 Å². The van der Waals surface area contributed by atoms with Gasteiger partial charge in [-0.05, 0) is 0 Å². The molecule has 7 heavy (non-hydrogen) atoms. The van der Waals surface area contributed by atoms with Crippen molar-refractivity contribution < 1.29 is 9.47 Å². The molecule has 0 aromatic heterocycles. The zero-order valence-electron chi connectivity index (χ0n) is 4.09. The normalized spacial score (nSPS) is 25.3. The summed E-state index contributed by atoms with van der Waals surface area (Å²) in [6, 6.07) is 0.0914. The Hall–Kier alpha value is -0.120. The van der Waals surface area contributed by atoms with Gasteiger partial charge in [0.05, 0.1) is 19.3 Å². The van der Waals surface area contributed by atoms with Crippen molar-refractivity contribution in [2.75, 3.05) is 20.0 Å². The standard InChI is InChI=1S/C4H9NO2/c5-4-1-6-3-7-2-4/h4H,1-3,5H2. The molecule has 0 aromatic rings. The van der Waals surface area contributed by atoms with Crippen LogP contribution in [0.25, 0.3) is 0 Å². The SMILES string of the molecule is NC1COCOC1. The highest BCUT2D eigenvalue weighted by atomic mass is 16.7. The van der Waals surface area contributed by atoms with Gasteiger partial charge < -0.3 is 15.2 Å². The van der Waals surface area contributed by atoms with E-state index in [0.29, 0.717) is 20.0 Å². The number of nitrogens with two attached hydrogens (primary N) is 1. The zero-order valence-corrected chi connectivity index (χ0v) is 4.09. The Bertz CT molecular complexity index is 51.7. The van der Waals surface area contributed by atoms with E-state index in [2.05, 4.69) is 0 Å². The second kappa shape index (κ2) is 2.26. The van der Waals surface area contributed by atoms with E-state index in [1.807, 2.05) is 0 Å². The van der Waals surface area contributed by atoms with Gasteiger partial charge >= 0.3 is 0 Å². The molecule has 0 saturated carbocycles. The third-order valence-corrected chi connectivity index (χ3v) is 0.831. The minimum absolute atomic E-state index is 0.0914. The predicted molar refractivity (Wildman–Crippen MR) is 24.7 cm³/mol. The van der Waals surface area contributed by atoms with Gasteiger partial charge in [-0.1, -0.05) is 0 Å². The van der Waals surface area contributed by atoms with E-state index >= 15 is 0 Å². The summed E-state index contributed by atoms with van der Waals surface area (Å²) < 4.78 is 9.67. The number of hydrogen-bond donors (Lipinski definition) is 1. The van der Waals surface area contributed by atoms with Crippen molar-refractivity contribution in [2.24, 2.45) is 5.73 Å². The third kappa shape index (κ3) is 1.43. The van der Waals surface area contributed by atoms with Gasteiger partial charge in [-0.25, -0.2) is 0 Å². The summed E-state index contributed by atoms with van der Waals surface area (Å²) in [6.45, 7) is 1.69. The number of rotatable bonds is 0. The summed E-state index contributed by atoms with van der Waals surface area (Å²) in [6.07, 6.45) is 0. The monoisotopic (exact) mass is 103 g/mol. The molecule has 0 bridgehead atoms. The molecule has 42 valence electrons. The largest absolute Gasteiger partial charge is 0.354 e. The molecule has 1 fully saturated rings. The molecule has 0 radical (unpaired) electrons. The molecule has 1 aliphatic heterocycles. The average molecular weight is 103 g/mol. The topological polar surface area (TPSA) is 44.5 Å².